The first kappa shape index (κ1) is 11.4. The summed E-state index contributed by atoms with van der Waals surface area (Å²) in [6.45, 7) is 0. The van der Waals surface area contributed by atoms with E-state index in [0.29, 0.717) is 6.07 Å². The lowest BCUT2D eigenvalue weighted by Crippen LogP contribution is -2.07. The molecule has 17 heavy (non-hydrogen) atoms. The molecule has 0 radical (unpaired) electrons. The fraction of sp³-hybridized carbons (Fsp3) is 0.100. The quantitative estimate of drug-likeness (QED) is 0.759. The average molecular weight is 245 g/mol. The molecule has 2 rings (SSSR count). The fourth-order valence-corrected chi connectivity index (χ4v) is 1.46. The molecular formula is C10H7F4N3. The molecule has 1 aromatic heterocycles. The van der Waals surface area contributed by atoms with Gasteiger partial charge in [0.25, 0.3) is 0 Å². The second-order valence-corrected chi connectivity index (χ2v) is 3.39. The van der Waals surface area contributed by atoms with E-state index in [1.54, 1.807) is 0 Å². The zero-order valence-corrected chi connectivity index (χ0v) is 8.35. The number of aromatic nitrogens is 2. The Morgan fingerprint density at radius 3 is 2.41 bits per heavy atom. The summed E-state index contributed by atoms with van der Waals surface area (Å²) in [4.78, 5) is 0. The summed E-state index contributed by atoms with van der Waals surface area (Å²) in [5.41, 5.74) is 4.06. The van der Waals surface area contributed by atoms with E-state index < -0.39 is 17.6 Å². The Balaban J connectivity index is 2.63. The summed E-state index contributed by atoms with van der Waals surface area (Å²) >= 11 is 0. The molecule has 0 spiro atoms. The molecule has 2 aromatic rings. The van der Waals surface area contributed by atoms with Gasteiger partial charge in [0, 0.05) is 11.6 Å². The minimum Gasteiger partial charge on any atom is -0.382 e. The maximum Gasteiger partial charge on any atom is 0.417 e. The molecule has 3 nitrogen and oxygen atoms in total. The Morgan fingerprint density at radius 1 is 1.18 bits per heavy atom. The highest BCUT2D eigenvalue weighted by Gasteiger charge is 2.34. The van der Waals surface area contributed by atoms with Crippen LogP contribution in [0.15, 0.2) is 24.3 Å². The molecule has 0 amide bonds. The third-order valence-electron chi connectivity index (χ3n) is 2.17. The summed E-state index contributed by atoms with van der Waals surface area (Å²) in [6, 6.07) is 3.44. The third kappa shape index (κ3) is 2.22. The molecule has 0 atom stereocenters. The van der Waals surface area contributed by atoms with Gasteiger partial charge in [0.2, 0.25) is 0 Å². The predicted molar refractivity (Wildman–Crippen MR) is 53.4 cm³/mol. The van der Waals surface area contributed by atoms with E-state index in [1.807, 2.05) is 0 Å². The standard InChI is InChI=1S/C10H7F4N3/c11-5-1-2-7(10(12,13)14)6(3-5)8-4-9(15)17-16-8/h1-4H,(H3,15,16,17). The van der Waals surface area contributed by atoms with Crippen molar-refractivity contribution in [2.75, 3.05) is 5.73 Å². The van der Waals surface area contributed by atoms with Gasteiger partial charge in [0.1, 0.15) is 11.6 Å². The monoisotopic (exact) mass is 245 g/mol. The van der Waals surface area contributed by atoms with Crippen molar-refractivity contribution >= 4 is 5.82 Å². The third-order valence-corrected chi connectivity index (χ3v) is 2.17. The first-order valence-electron chi connectivity index (χ1n) is 4.56. The largest absolute Gasteiger partial charge is 0.417 e. The highest BCUT2D eigenvalue weighted by Crippen LogP contribution is 2.37. The Hall–Kier alpha value is -2.05. The SMILES string of the molecule is Nc1cc(-c2cc(F)ccc2C(F)(F)F)[nH]n1. The number of aromatic amines is 1. The smallest absolute Gasteiger partial charge is 0.382 e. The molecule has 3 N–H and O–H groups in total. The summed E-state index contributed by atoms with van der Waals surface area (Å²) in [5, 5.41) is 5.83. The molecule has 7 heteroatoms. The van der Waals surface area contributed by atoms with Crippen molar-refractivity contribution in [3.8, 4) is 11.3 Å². The molecular weight excluding hydrogens is 238 g/mol. The van der Waals surface area contributed by atoms with Gasteiger partial charge in [-0.25, -0.2) is 4.39 Å². The Labute approximate surface area is 93.3 Å². The van der Waals surface area contributed by atoms with Gasteiger partial charge in [0.15, 0.2) is 0 Å². The normalized spacial score (nSPS) is 11.8. The van der Waals surface area contributed by atoms with Crippen molar-refractivity contribution in [3.63, 3.8) is 0 Å². The molecule has 0 unspecified atom stereocenters. The molecule has 0 bridgehead atoms. The van der Waals surface area contributed by atoms with Crippen LogP contribution in [0.25, 0.3) is 11.3 Å². The van der Waals surface area contributed by atoms with E-state index in [2.05, 4.69) is 10.2 Å². The highest BCUT2D eigenvalue weighted by molar-refractivity contribution is 5.66. The van der Waals surface area contributed by atoms with Gasteiger partial charge in [-0.2, -0.15) is 18.3 Å². The van der Waals surface area contributed by atoms with Gasteiger partial charge < -0.3 is 5.73 Å². The molecule has 1 heterocycles. The van der Waals surface area contributed by atoms with Crippen LogP contribution in [0.5, 0.6) is 0 Å². The number of nitrogens with two attached hydrogens (primary N) is 1. The van der Waals surface area contributed by atoms with Crippen molar-refractivity contribution in [2.45, 2.75) is 6.18 Å². The highest BCUT2D eigenvalue weighted by atomic mass is 19.4. The number of hydrogen-bond donors (Lipinski definition) is 2. The minimum absolute atomic E-state index is 0.0225. The first-order chi connectivity index (χ1) is 7.88. The zero-order chi connectivity index (χ0) is 12.6. The topological polar surface area (TPSA) is 54.7 Å². The van der Waals surface area contributed by atoms with Crippen LogP contribution in [-0.4, -0.2) is 10.2 Å². The van der Waals surface area contributed by atoms with E-state index in [0.717, 1.165) is 12.1 Å². The molecule has 0 saturated heterocycles. The van der Waals surface area contributed by atoms with Gasteiger partial charge >= 0.3 is 6.18 Å². The number of halogens is 4. The second kappa shape index (κ2) is 3.76. The van der Waals surface area contributed by atoms with Crippen LogP contribution >= 0.6 is 0 Å². The van der Waals surface area contributed by atoms with E-state index in [-0.39, 0.29) is 17.1 Å². The van der Waals surface area contributed by atoms with E-state index in [4.69, 9.17) is 5.73 Å². The van der Waals surface area contributed by atoms with Gasteiger partial charge in [-0.05, 0) is 18.2 Å². The molecule has 0 aliphatic rings. The summed E-state index contributed by atoms with van der Waals surface area (Å²) in [6.07, 6.45) is -4.57. The number of anilines is 1. The molecule has 90 valence electrons. The average Bonchev–Trinajstić information content (AvgIpc) is 2.62. The van der Waals surface area contributed by atoms with Crippen LogP contribution in [-0.2, 0) is 6.18 Å². The maximum absolute atomic E-state index is 13.0. The number of alkyl halides is 3. The number of nitrogen functional groups attached to an aromatic ring is 1. The van der Waals surface area contributed by atoms with E-state index >= 15 is 0 Å². The number of hydrogen-bond acceptors (Lipinski definition) is 2. The van der Waals surface area contributed by atoms with Crippen LogP contribution in [0.2, 0.25) is 0 Å². The molecule has 0 saturated carbocycles. The number of nitrogens with zero attached hydrogens (tertiary/aromatic N) is 1. The molecule has 0 aliphatic heterocycles. The lowest BCUT2D eigenvalue weighted by molar-refractivity contribution is -0.137. The first-order valence-corrected chi connectivity index (χ1v) is 4.56. The van der Waals surface area contributed by atoms with Crippen molar-refractivity contribution in [2.24, 2.45) is 0 Å². The summed E-state index contributed by atoms with van der Waals surface area (Å²) in [7, 11) is 0. The van der Waals surface area contributed by atoms with Crippen LogP contribution in [0.4, 0.5) is 23.4 Å². The van der Waals surface area contributed by atoms with Crippen LogP contribution < -0.4 is 5.73 Å². The van der Waals surface area contributed by atoms with E-state index in [1.165, 1.54) is 6.07 Å². The van der Waals surface area contributed by atoms with Crippen molar-refractivity contribution in [3.05, 3.63) is 35.6 Å². The summed E-state index contributed by atoms with van der Waals surface area (Å²) < 4.78 is 51.0. The van der Waals surface area contributed by atoms with Gasteiger partial charge in [-0.1, -0.05) is 0 Å². The Kier molecular flexibility index (Phi) is 2.53. The number of benzene rings is 1. The molecule has 0 fully saturated rings. The minimum atomic E-state index is -4.57. The van der Waals surface area contributed by atoms with Crippen molar-refractivity contribution in [1.82, 2.24) is 10.2 Å². The zero-order valence-electron chi connectivity index (χ0n) is 8.35. The van der Waals surface area contributed by atoms with Crippen molar-refractivity contribution in [1.29, 1.82) is 0 Å². The predicted octanol–water partition coefficient (Wildman–Crippen LogP) is 2.82. The van der Waals surface area contributed by atoms with Gasteiger partial charge in [-0.15, -0.1) is 0 Å². The van der Waals surface area contributed by atoms with Gasteiger partial charge in [0.05, 0.1) is 11.3 Å². The number of H-pyrrole nitrogens is 1. The Morgan fingerprint density at radius 2 is 1.88 bits per heavy atom. The van der Waals surface area contributed by atoms with Crippen LogP contribution in [0.3, 0.4) is 0 Å². The number of rotatable bonds is 1. The molecule has 0 aliphatic carbocycles. The Bertz CT molecular complexity index is 545. The van der Waals surface area contributed by atoms with Crippen molar-refractivity contribution < 1.29 is 17.6 Å². The van der Waals surface area contributed by atoms with Gasteiger partial charge in [-0.3, -0.25) is 5.10 Å². The summed E-state index contributed by atoms with van der Waals surface area (Å²) in [5.74, 6) is -0.724. The van der Waals surface area contributed by atoms with Crippen LogP contribution in [0.1, 0.15) is 5.56 Å². The maximum atomic E-state index is 13.0. The van der Waals surface area contributed by atoms with Crippen LogP contribution in [0, 0.1) is 5.82 Å². The second-order valence-electron chi connectivity index (χ2n) is 3.39. The lowest BCUT2D eigenvalue weighted by atomic mass is 10.0. The number of nitrogens with one attached hydrogen (secondary N) is 1. The fourth-order valence-electron chi connectivity index (χ4n) is 1.46. The van der Waals surface area contributed by atoms with E-state index in [9.17, 15) is 17.6 Å². The lowest BCUT2D eigenvalue weighted by Gasteiger charge is -2.11. The molecule has 1 aromatic carbocycles.